The van der Waals surface area contributed by atoms with E-state index in [0.29, 0.717) is 11.6 Å². The SMILES string of the molecule is CCOC(=O)OC(C#N)c1cccc(Oc2ccccc2)n1. The van der Waals surface area contributed by atoms with Crippen molar-refractivity contribution >= 4 is 6.16 Å². The molecule has 0 aliphatic heterocycles. The first kappa shape index (κ1) is 15.3. The molecule has 0 aliphatic rings. The average molecular weight is 298 g/mol. The van der Waals surface area contributed by atoms with Crippen molar-refractivity contribution in [3.63, 3.8) is 0 Å². The van der Waals surface area contributed by atoms with Crippen molar-refractivity contribution in [3.05, 3.63) is 54.2 Å². The van der Waals surface area contributed by atoms with Gasteiger partial charge in [0, 0.05) is 6.07 Å². The molecule has 2 rings (SSSR count). The molecule has 6 nitrogen and oxygen atoms in total. The fourth-order valence-electron chi connectivity index (χ4n) is 1.64. The van der Waals surface area contributed by atoms with Crippen LogP contribution < -0.4 is 4.74 Å². The van der Waals surface area contributed by atoms with Crippen LogP contribution in [0.1, 0.15) is 18.7 Å². The van der Waals surface area contributed by atoms with E-state index in [1.54, 1.807) is 37.3 Å². The zero-order valence-electron chi connectivity index (χ0n) is 11.9. The molecule has 0 N–H and O–H groups in total. The van der Waals surface area contributed by atoms with Crippen molar-refractivity contribution in [1.82, 2.24) is 4.98 Å². The Morgan fingerprint density at radius 2 is 2.00 bits per heavy atom. The monoisotopic (exact) mass is 298 g/mol. The first-order valence-corrected chi connectivity index (χ1v) is 6.65. The van der Waals surface area contributed by atoms with E-state index in [2.05, 4.69) is 9.72 Å². The van der Waals surface area contributed by atoms with Crippen LogP contribution in [0.5, 0.6) is 11.6 Å². The number of rotatable bonds is 5. The van der Waals surface area contributed by atoms with Gasteiger partial charge >= 0.3 is 6.16 Å². The van der Waals surface area contributed by atoms with E-state index in [-0.39, 0.29) is 12.3 Å². The fourth-order valence-corrected chi connectivity index (χ4v) is 1.64. The lowest BCUT2D eigenvalue weighted by atomic mass is 10.2. The number of hydrogen-bond acceptors (Lipinski definition) is 6. The van der Waals surface area contributed by atoms with E-state index in [9.17, 15) is 4.79 Å². The molecule has 1 heterocycles. The van der Waals surface area contributed by atoms with Crippen molar-refractivity contribution < 1.29 is 19.0 Å². The van der Waals surface area contributed by atoms with Gasteiger partial charge in [0.25, 0.3) is 0 Å². The summed E-state index contributed by atoms with van der Waals surface area (Å²) in [5.41, 5.74) is 0.268. The maximum Gasteiger partial charge on any atom is 0.509 e. The highest BCUT2D eigenvalue weighted by Gasteiger charge is 2.19. The topological polar surface area (TPSA) is 81.4 Å². The van der Waals surface area contributed by atoms with E-state index in [4.69, 9.17) is 14.7 Å². The fraction of sp³-hybridized carbons (Fsp3) is 0.188. The van der Waals surface area contributed by atoms with Crippen molar-refractivity contribution in [1.29, 1.82) is 5.26 Å². The zero-order valence-corrected chi connectivity index (χ0v) is 11.9. The first-order chi connectivity index (χ1) is 10.7. The number of pyridine rings is 1. The summed E-state index contributed by atoms with van der Waals surface area (Å²) in [4.78, 5) is 15.5. The molecule has 0 saturated carbocycles. The highest BCUT2D eigenvalue weighted by Crippen LogP contribution is 2.22. The molecular weight excluding hydrogens is 284 g/mol. The van der Waals surface area contributed by atoms with Gasteiger partial charge in [0.1, 0.15) is 11.8 Å². The molecule has 1 unspecified atom stereocenters. The van der Waals surface area contributed by atoms with Gasteiger partial charge < -0.3 is 14.2 Å². The van der Waals surface area contributed by atoms with E-state index in [1.807, 2.05) is 24.3 Å². The summed E-state index contributed by atoms with van der Waals surface area (Å²) < 4.78 is 15.1. The zero-order chi connectivity index (χ0) is 15.8. The smallest absolute Gasteiger partial charge is 0.439 e. The number of benzene rings is 1. The summed E-state index contributed by atoms with van der Waals surface area (Å²) in [5, 5.41) is 9.11. The molecule has 0 amide bonds. The molecule has 112 valence electrons. The summed E-state index contributed by atoms with van der Waals surface area (Å²) in [6.07, 6.45) is -2.07. The highest BCUT2D eigenvalue weighted by molar-refractivity contribution is 5.60. The van der Waals surface area contributed by atoms with Gasteiger partial charge in [-0.25, -0.2) is 9.78 Å². The Labute approximate surface area is 127 Å². The molecule has 22 heavy (non-hydrogen) atoms. The molecule has 1 atom stereocenters. The third-order valence-electron chi connectivity index (χ3n) is 2.57. The summed E-state index contributed by atoms with van der Waals surface area (Å²) in [6, 6.07) is 15.9. The summed E-state index contributed by atoms with van der Waals surface area (Å²) >= 11 is 0. The lowest BCUT2D eigenvalue weighted by Gasteiger charge is -2.11. The molecule has 2 aromatic rings. The quantitative estimate of drug-likeness (QED) is 0.784. The maximum atomic E-state index is 11.3. The van der Waals surface area contributed by atoms with Crippen LogP contribution in [0.2, 0.25) is 0 Å². The largest absolute Gasteiger partial charge is 0.509 e. The van der Waals surface area contributed by atoms with Crippen molar-refractivity contribution in [2.45, 2.75) is 13.0 Å². The van der Waals surface area contributed by atoms with Crippen molar-refractivity contribution in [2.75, 3.05) is 6.61 Å². The van der Waals surface area contributed by atoms with Crippen LogP contribution in [-0.4, -0.2) is 17.7 Å². The number of nitrogens with zero attached hydrogens (tertiary/aromatic N) is 2. The Balaban J connectivity index is 2.12. The number of carbonyl (C=O) groups excluding carboxylic acids is 1. The number of para-hydroxylation sites is 1. The third kappa shape index (κ3) is 4.21. The second kappa shape index (κ2) is 7.64. The molecule has 0 fully saturated rings. The number of carbonyl (C=O) groups is 1. The summed E-state index contributed by atoms with van der Waals surface area (Å²) in [5.74, 6) is 0.920. The van der Waals surface area contributed by atoms with Gasteiger partial charge in [0.15, 0.2) is 0 Å². The van der Waals surface area contributed by atoms with Gasteiger partial charge in [-0.05, 0) is 25.1 Å². The number of aromatic nitrogens is 1. The van der Waals surface area contributed by atoms with Gasteiger partial charge in [0.05, 0.1) is 12.3 Å². The van der Waals surface area contributed by atoms with Crippen LogP contribution in [0.4, 0.5) is 4.79 Å². The molecule has 0 bridgehead atoms. The minimum absolute atomic E-state index is 0.168. The van der Waals surface area contributed by atoms with E-state index >= 15 is 0 Å². The predicted octanol–water partition coefficient (Wildman–Crippen LogP) is 3.61. The average Bonchev–Trinajstić information content (AvgIpc) is 2.54. The van der Waals surface area contributed by atoms with Gasteiger partial charge in [0.2, 0.25) is 12.0 Å². The van der Waals surface area contributed by atoms with Crippen molar-refractivity contribution in [3.8, 4) is 17.7 Å². The third-order valence-corrected chi connectivity index (χ3v) is 2.57. The number of hydrogen-bond donors (Lipinski definition) is 0. The Morgan fingerprint density at radius 3 is 2.68 bits per heavy atom. The van der Waals surface area contributed by atoms with E-state index in [1.165, 1.54) is 0 Å². The van der Waals surface area contributed by atoms with E-state index in [0.717, 1.165) is 0 Å². The molecular formula is C16H14N2O4. The Bertz CT molecular complexity index is 667. The Hall–Kier alpha value is -3.07. The lowest BCUT2D eigenvalue weighted by Crippen LogP contribution is -2.12. The van der Waals surface area contributed by atoms with Crippen molar-refractivity contribution in [2.24, 2.45) is 0 Å². The minimum atomic E-state index is -1.15. The summed E-state index contributed by atoms with van der Waals surface area (Å²) in [6.45, 7) is 1.82. The van der Waals surface area contributed by atoms with Crippen LogP contribution >= 0.6 is 0 Å². The van der Waals surface area contributed by atoms with Crippen LogP contribution in [-0.2, 0) is 9.47 Å². The molecule has 0 spiro atoms. The molecule has 0 saturated heterocycles. The molecule has 6 heteroatoms. The Morgan fingerprint density at radius 1 is 1.23 bits per heavy atom. The van der Waals surface area contributed by atoms with Crippen LogP contribution in [0, 0.1) is 11.3 Å². The maximum absolute atomic E-state index is 11.3. The highest BCUT2D eigenvalue weighted by atomic mass is 16.7. The lowest BCUT2D eigenvalue weighted by molar-refractivity contribution is 0.0409. The summed E-state index contributed by atoms with van der Waals surface area (Å²) in [7, 11) is 0. The normalized spacial score (nSPS) is 11.1. The van der Waals surface area contributed by atoms with Crippen LogP contribution in [0.3, 0.4) is 0 Å². The Kier molecular flexibility index (Phi) is 5.32. The predicted molar refractivity (Wildman–Crippen MR) is 77.2 cm³/mol. The second-order valence-electron chi connectivity index (χ2n) is 4.13. The van der Waals surface area contributed by atoms with Crippen LogP contribution in [0.15, 0.2) is 48.5 Å². The number of nitriles is 1. The second-order valence-corrected chi connectivity index (χ2v) is 4.13. The van der Waals surface area contributed by atoms with Gasteiger partial charge in [-0.15, -0.1) is 0 Å². The molecule has 0 aliphatic carbocycles. The molecule has 1 aromatic heterocycles. The van der Waals surface area contributed by atoms with Gasteiger partial charge in [-0.3, -0.25) is 0 Å². The molecule has 1 aromatic carbocycles. The van der Waals surface area contributed by atoms with Crippen LogP contribution in [0.25, 0.3) is 0 Å². The standard InChI is InChI=1S/C16H14N2O4/c1-2-20-16(19)22-14(11-17)13-9-6-10-15(18-13)21-12-7-4-3-5-8-12/h3-10,14H,2H2,1H3. The first-order valence-electron chi connectivity index (χ1n) is 6.65. The molecule has 0 radical (unpaired) electrons. The van der Waals surface area contributed by atoms with E-state index < -0.39 is 12.3 Å². The van der Waals surface area contributed by atoms with Gasteiger partial charge in [-0.2, -0.15) is 5.26 Å². The minimum Gasteiger partial charge on any atom is -0.439 e. The van der Waals surface area contributed by atoms with Gasteiger partial charge in [-0.1, -0.05) is 24.3 Å². The number of ether oxygens (including phenoxy) is 3.